The minimum absolute atomic E-state index is 0.336. The van der Waals surface area contributed by atoms with Crippen molar-refractivity contribution in [2.45, 2.75) is 39.2 Å². The lowest BCUT2D eigenvalue weighted by atomic mass is 9.84. The van der Waals surface area contributed by atoms with Crippen LogP contribution in [-0.4, -0.2) is 24.3 Å². The van der Waals surface area contributed by atoms with Crippen LogP contribution in [0.15, 0.2) is 0 Å². The number of hydrogen-bond donors (Lipinski definition) is 2. The van der Waals surface area contributed by atoms with E-state index < -0.39 is 5.60 Å². The van der Waals surface area contributed by atoms with Crippen molar-refractivity contribution in [3.8, 4) is 0 Å². The molecule has 0 rings (SSSR count). The second-order valence-corrected chi connectivity index (χ2v) is 3.27. The summed E-state index contributed by atoms with van der Waals surface area (Å²) in [4.78, 5) is 0. The van der Waals surface area contributed by atoms with Crippen molar-refractivity contribution in [1.82, 2.24) is 5.32 Å². The Morgan fingerprint density at radius 1 is 1.36 bits per heavy atom. The van der Waals surface area contributed by atoms with Crippen molar-refractivity contribution in [3.05, 3.63) is 0 Å². The van der Waals surface area contributed by atoms with Crippen LogP contribution in [-0.2, 0) is 0 Å². The van der Waals surface area contributed by atoms with E-state index in [-0.39, 0.29) is 0 Å². The fourth-order valence-corrected chi connectivity index (χ4v) is 1.44. The number of hydrogen-bond acceptors (Lipinski definition) is 2. The SMILES string of the molecule is CCC(O)(CC)C(C)CNC. The minimum Gasteiger partial charge on any atom is -0.390 e. The predicted octanol–water partition coefficient (Wildman–Crippen LogP) is 1.39. The van der Waals surface area contributed by atoms with Gasteiger partial charge in [-0.05, 0) is 25.8 Å². The third-order valence-corrected chi connectivity index (χ3v) is 2.65. The maximum absolute atomic E-state index is 9.99. The van der Waals surface area contributed by atoms with Crippen LogP contribution in [0.2, 0.25) is 0 Å². The smallest absolute Gasteiger partial charge is 0.0680 e. The molecule has 0 aromatic rings. The van der Waals surface area contributed by atoms with Crippen LogP contribution in [0.5, 0.6) is 0 Å². The Hall–Kier alpha value is -0.0800. The van der Waals surface area contributed by atoms with Crippen LogP contribution < -0.4 is 5.32 Å². The molecule has 0 saturated heterocycles. The first-order chi connectivity index (χ1) is 5.10. The molecule has 0 amide bonds. The summed E-state index contributed by atoms with van der Waals surface area (Å²) in [6, 6.07) is 0. The summed E-state index contributed by atoms with van der Waals surface area (Å²) in [5, 5.41) is 13.1. The standard InChI is InChI=1S/C9H21NO/c1-5-9(11,6-2)8(3)7-10-4/h8,10-11H,5-7H2,1-4H3. The molecule has 0 aromatic carbocycles. The fraction of sp³-hybridized carbons (Fsp3) is 1.00. The Kier molecular flexibility index (Phi) is 4.69. The topological polar surface area (TPSA) is 32.3 Å². The third-order valence-electron chi connectivity index (χ3n) is 2.65. The Bertz CT molecular complexity index is 99.7. The number of nitrogens with one attached hydrogen (secondary N) is 1. The summed E-state index contributed by atoms with van der Waals surface area (Å²) < 4.78 is 0. The molecule has 0 bridgehead atoms. The highest BCUT2D eigenvalue weighted by Gasteiger charge is 2.28. The average Bonchev–Trinajstić information content (AvgIpc) is 2.03. The lowest BCUT2D eigenvalue weighted by Crippen LogP contribution is -2.39. The van der Waals surface area contributed by atoms with Crippen molar-refractivity contribution in [1.29, 1.82) is 0 Å². The zero-order chi connectivity index (χ0) is 8.91. The lowest BCUT2D eigenvalue weighted by Gasteiger charge is -2.32. The van der Waals surface area contributed by atoms with E-state index in [9.17, 15) is 5.11 Å². The van der Waals surface area contributed by atoms with E-state index in [1.54, 1.807) is 0 Å². The van der Waals surface area contributed by atoms with Crippen LogP contribution in [0.3, 0.4) is 0 Å². The van der Waals surface area contributed by atoms with Gasteiger partial charge in [0.25, 0.3) is 0 Å². The monoisotopic (exact) mass is 159 g/mol. The second-order valence-electron chi connectivity index (χ2n) is 3.27. The van der Waals surface area contributed by atoms with Crippen molar-refractivity contribution in [2.75, 3.05) is 13.6 Å². The van der Waals surface area contributed by atoms with Gasteiger partial charge in [-0.2, -0.15) is 0 Å². The predicted molar refractivity (Wildman–Crippen MR) is 48.6 cm³/mol. The molecular formula is C9H21NO. The van der Waals surface area contributed by atoms with Crippen molar-refractivity contribution >= 4 is 0 Å². The first kappa shape index (κ1) is 10.9. The molecule has 11 heavy (non-hydrogen) atoms. The second kappa shape index (κ2) is 4.73. The Morgan fingerprint density at radius 2 is 1.82 bits per heavy atom. The molecule has 0 spiro atoms. The summed E-state index contributed by atoms with van der Waals surface area (Å²) in [6.07, 6.45) is 1.68. The molecule has 0 aliphatic rings. The van der Waals surface area contributed by atoms with E-state index in [0.29, 0.717) is 5.92 Å². The van der Waals surface area contributed by atoms with E-state index in [1.807, 2.05) is 20.9 Å². The lowest BCUT2D eigenvalue weighted by molar-refractivity contribution is -0.0179. The Labute approximate surface area is 70.0 Å². The Balaban J connectivity index is 4.00. The molecule has 0 heterocycles. The van der Waals surface area contributed by atoms with E-state index in [1.165, 1.54) is 0 Å². The average molecular weight is 159 g/mol. The maximum Gasteiger partial charge on any atom is 0.0680 e. The van der Waals surface area contributed by atoms with E-state index in [0.717, 1.165) is 19.4 Å². The Morgan fingerprint density at radius 3 is 2.09 bits per heavy atom. The molecule has 2 heteroatoms. The highest BCUT2D eigenvalue weighted by molar-refractivity contribution is 4.81. The van der Waals surface area contributed by atoms with Gasteiger partial charge in [0, 0.05) is 6.54 Å². The van der Waals surface area contributed by atoms with Crippen molar-refractivity contribution in [2.24, 2.45) is 5.92 Å². The van der Waals surface area contributed by atoms with Gasteiger partial charge in [-0.3, -0.25) is 0 Å². The van der Waals surface area contributed by atoms with E-state index >= 15 is 0 Å². The molecule has 2 N–H and O–H groups in total. The van der Waals surface area contributed by atoms with Gasteiger partial charge in [-0.15, -0.1) is 0 Å². The minimum atomic E-state index is -0.469. The van der Waals surface area contributed by atoms with E-state index in [2.05, 4.69) is 12.2 Å². The zero-order valence-corrected chi connectivity index (χ0v) is 8.15. The van der Waals surface area contributed by atoms with Gasteiger partial charge in [0.1, 0.15) is 0 Å². The third kappa shape index (κ3) is 2.80. The van der Waals surface area contributed by atoms with Crippen LogP contribution in [0.4, 0.5) is 0 Å². The molecule has 1 unspecified atom stereocenters. The van der Waals surface area contributed by atoms with Crippen molar-refractivity contribution < 1.29 is 5.11 Å². The zero-order valence-electron chi connectivity index (χ0n) is 8.15. The quantitative estimate of drug-likeness (QED) is 0.635. The van der Waals surface area contributed by atoms with Gasteiger partial charge in [0.05, 0.1) is 5.60 Å². The molecule has 0 aromatic heterocycles. The summed E-state index contributed by atoms with van der Waals surface area (Å²) in [7, 11) is 1.92. The molecule has 68 valence electrons. The number of rotatable bonds is 5. The maximum atomic E-state index is 9.99. The fourth-order valence-electron chi connectivity index (χ4n) is 1.44. The molecule has 0 aliphatic carbocycles. The van der Waals surface area contributed by atoms with Crippen LogP contribution in [0, 0.1) is 5.92 Å². The van der Waals surface area contributed by atoms with Crippen molar-refractivity contribution in [3.63, 3.8) is 0 Å². The summed E-state index contributed by atoms with van der Waals surface area (Å²) in [5.41, 5.74) is -0.469. The highest BCUT2D eigenvalue weighted by Crippen LogP contribution is 2.24. The normalized spacial score (nSPS) is 15.0. The summed E-state index contributed by atoms with van der Waals surface area (Å²) >= 11 is 0. The molecule has 0 saturated carbocycles. The van der Waals surface area contributed by atoms with Crippen LogP contribution in [0.1, 0.15) is 33.6 Å². The van der Waals surface area contributed by atoms with Crippen LogP contribution in [0.25, 0.3) is 0 Å². The molecule has 1 atom stereocenters. The highest BCUT2D eigenvalue weighted by atomic mass is 16.3. The number of aliphatic hydroxyl groups is 1. The van der Waals surface area contributed by atoms with Gasteiger partial charge in [0.15, 0.2) is 0 Å². The molecule has 0 aliphatic heterocycles. The first-order valence-corrected chi connectivity index (χ1v) is 4.47. The van der Waals surface area contributed by atoms with Gasteiger partial charge < -0.3 is 10.4 Å². The van der Waals surface area contributed by atoms with Gasteiger partial charge in [-0.25, -0.2) is 0 Å². The molecule has 2 nitrogen and oxygen atoms in total. The first-order valence-electron chi connectivity index (χ1n) is 4.47. The molecular weight excluding hydrogens is 138 g/mol. The largest absolute Gasteiger partial charge is 0.390 e. The summed E-state index contributed by atoms with van der Waals surface area (Å²) in [5.74, 6) is 0.336. The molecule has 0 radical (unpaired) electrons. The van der Waals surface area contributed by atoms with Gasteiger partial charge in [0.2, 0.25) is 0 Å². The van der Waals surface area contributed by atoms with Crippen LogP contribution >= 0.6 is 0 Å². The molecule has 0 fully saturated rings. The summed E-state index contributed by atoms with van der Waals surface area (Å²) in [6.45, 7) is 7.05. The van der Waals surface area contributed by atoms with Gasteiger partial charge >= 0.3 is 0 Å². The van der Waals surface area contributed by atoms with E-state index in [4.69, 9.17) is 0 Å². The van der Waals surface area contributed by atoms with Gasteiger partial charge in [-0.1, -0.05) is 20.8 Å².